The van der Waals surface area contributed by atoms with E-state index in [2.05, 4.69) is 33.8 Å². The molecule has 0 aromatic carbocycles. The average molecular weight is 362 g/mol. The summed E-state index contributed by atoms with van der Waals surface area (Å²) >= 11 is 2.82. The number of carbonyl (C=O) groups excluding carboxylic acids is 1. The molecule has 1 unspecified atom stereocenters. The molecule has 7 nitrogen and oxygen atoms in total. The molecule has 24 heavy (non-hydrogen) atoms. The number of rotatable bonds is 5. The van der Waals surface area contributed by atoms with Gasteiger partial charge in [-0.2, -0.15) is 5.26 Å². The molecule has 2 heterocycles. The van der Waals surface area contributed by atoms with Crippen molar-refractivity contribution >= 4 is 34.0 Å². The van der Waals surface area contributed by atoms with E-state index in [4.69, 9.17) is 0 Å². The fraction of sp³-hybridized carbons (Fsp3) is 0.533. The van der Waals surface area contributed by atoms with Gasteiger partial charge in [-0.15, -0.1) is 16.4 Å². The SMILES string of the molecule is CCC1CCc2c(sc(NC(=O)CSc3nnnn3C)c2C#N)C1. The minimum atomic E-state index is -0.148. The van der Waals surface area contributed by atoms with E-state index >= 15 is 0 Å². The summed E-state index contributed by atoms with van der Waals surface area (Å²) < 4.78 is 1.52. The Kier molecular flexibility index (Phi) is 5.16. The second kappa shape index (κ2) is 7.32. The number of nitriles is 1. The van der Waals surface area contributed by atoms with Gasteiger partial charge in [-0.1, -0.05) is 25.1 Å². The van der Waals surface area contributed by atoms with Crippen molar-refractivity contribution in [3.05, 3.63) is 16.0 Å². The summed E-state index contributed by atoms with van der Waals surface area (Å²) in [5.74, 6) is 0.745. The van der Waals surface area contributed by atoms with Gasteiger partial charge in [0, 0.05) is 11.9 Å². The molecule has 1 amide bonds. The Morgan fingerprint density at radius 2 is 2.42 bits per heavy atom. The summed E-state index contributed by atoms with van der Waals surface area (Å²) in [4.78, 5) is 13.5. The number of hydrogen-bond donors (Lipinski definition) is 1. The van der Waals surface area contributed by atoms with Crippen LogP contribution in [-0.2, 0) is 24.7 Å². The standard InChI is InChI=1S/C15H18N6OS2/c1-3-9-4-5-10-11(7-16)14(24-12(10)6-9)17-13(22)8-23-15-18-19-20-21(15)2/h9H,3-6,8H2,1-2H3,(H,17,22). The number of aromatic nitrogens is 4. The lowest BCUT2D eigenvalue weighted by Crippen LogP contribution is -2.14. The molecule has 126 valence electrons. The molecule has 0 aliphatic heterocycles. The van der Waals surface area contributed by atoms with Crippen molar-refractivity contribution in [2.45, 2.75) is 37.8 Å². The number of hydrogen-bond acceptors (Lipinski definition) is 7. The first kappa shape index (κ1) is 16.9. The third kappa shape index (κ3) is 3.44. The fourth-order valence-corrected chi connectivity index (χ4v) is 4.82. The smallest absolute Gasteiger partial charge is 0.235 e. The van der Waals surface area contributed by atoms with Gasteiger partial charge in [-0.3, -0.25) is 4.79 Å². The average Bonchev–Trinajstić information content (AvgIpc) is 3.14. The highest BCUT2D eigenvalue weighted by Crippen LogP contribution is 2.40. The van der Waals surface area contributed by atoms with Crippen LogP contribution in [-0.4, -0.2) is 31.9 Å². The first-order valence-electron chi connectivity index (χ1n) is 7.82. The van der Waals surface area contributed by atoms with Gasteiger partial charge in [0.15, 0.2) is 0 Å². The largest absolute Gasteiger partial charge is 0.316 e. The fourth-order valence-electron chi connectivity index (χ4n) is 2.85. The van der Waals surface area contributed by atoms with Crippen molar-refractivity contribution in [3.63, 3.8) is 0 Å². The lowest BCUT2D eigenvalue weighted by atomic mass is 9.86. The van der Waals surface area contributed by atoms with Gasteiger partial charge in [0.25, 0.3) is 0 Å². The first-order chi connectivity index (χ1) is 11.6. The molecule has 1 atom stereocenters. The van der Waals surface area contributed by atoms with Crippen LogP contribution in [0.2, 0.25) is 0 Å². The van der Waals surface area contributed by atoms with Crippen LogP contribution < -0.4 is 5.32 Å². The number of amides is 1. The summed E-state index contributed by atoms with van der Waals surface area (Å²) in [6.07, 6.45) is 4.23. The van der Waals surface area contributed by atoms with Gasteiger partial charge in [-0.25, -0.2) is 4.68 Å². The number of carbonyl (C=O) groups is 1. The number of thioether (sulfide) groups is 1. The van der Waals surface area contributed by atoms with Crippen LogP contribution in [0.3, 0.4) is 0 Å². The maximum absolute atomic E-state index is 12.2. The predicted molar refractivity (Wildman–Crippen MR) is 93.0 cm³/mol. The van der Waals surface area contributed by atoms with Gasteiger partial charge in [-0.05, 0) is 41.2 Å². The van der Waals surface area contributed by atoms with Gasteiger partial charge in [0.05, 0.1) is 11.3 Å². The lowest BCUT2D eigenvalue weighted by molar-refractivity contribution is -0.113. The topological polar surface area (TPSA) is 96.5 Å². The van der Waals surface area contributed by atoms with Crippen LogP contribution in [0.5, 0.6) is 0 Å². The van der Waals surface area contributed by atoms with Crippen molar-refractivity contribution in [3.8, 4) is 6.07 Å². The zero-order chi connectivity index (χ0) is 17.1. The van der Waals surface area contributed by atoms with Crippen molar-refractivity contribution in [2.24, 2.45) is 13.0 Å². The molecular formula is C15H18N6OS2. The Bertz CT molecular complexity index is 790. The van der Waals surface area contributed by atoms with E-state index in [0.717, 1.165) is 31.2 Å². The Hall–Kier alpha value is -1.92. The number of tetrazole rings is 1. The Balaban J connectivity index is 1.69. The minimum absolute atomic E-state index is 0.148. The van der Waals surface area contributed by atoms with Gasteiger partial charge >= 0.3 is 0 Å². The van der Waals surface area contributed by atoms with Crippen molar-refractivity contribution in [1.29, 1.82) is 5.26 Å². The van der Waals surface area contributed by atoms with Gasteiger partial charge in [0.2, 0.25) is 11.1 Å². The minimum Gasteiger partial charge on any atom is -0.316 e. The Morgan fingerprint density at radius 1 is 1.58 bits per heavy atom. The Morgan fingerprint density at radius 3 is 3.08 bits per heavy atom. The number of fused-ring (bicyclic) bond motifs is 1. The molecule has 0 fully saturated rings. The zero-order valence-corrected chi connectivity index (χ0v) is 15.2. The molecule has 0 spiro atoms. The van der Waals surface area contributed by atoms with E-state index in [-0.39, 0.29) is 11.7 Å². The maximum Gasteiger partial charge on any atom is 0.235 e. The normalized spacial score (nSPS) is 16.5. The molecule has 3 rings (SSSR count). The van der Waals surface area contributed by atoms with Crippen molar-refractivity contribution < 1.29 is 4.79 Å². The monoisotopic (exact) mass is 362 g/mol. The summed E-state index contributed by atoms with van der Waals surface area (Å²) in [7, 11) is 1.73. The number of thiophene rings is 1. The molecule has 2 aromatic rings. The number of nitrogens with zero attached hydrogens (tertiary/aromatic N) is 5. The third-order valence-corrected chi connectivity index (χ3v) is 6.40. The van der Waals surface area contributed by atoms with Crippen LogP contribution in [0.1, 0.15) is 35.8 Å². The molecule has 0 radical (unpaired) electrons. The van der Waals surface area contributed by atoms with Crippen LogP contribution in [0, 0.1) is 17.2 Å². The molecule has 0 saturated carbocycles. The molecule has 1 aliphatic carbocycles. The molecule has 0 saturated heterocycles. The van der Waals surface area contributed by atoms with Crippen molar-refractivity contribution in [2.75, 3.05) is 11.1 Å². The Labute approximate surface area is 148 Å². The number of aryl methyl sites for hydroxylation is 1. The quantitative estimate of drug-likeness (QED) is 0.820. The van der Waals surface area contributed by atoms with Gasteiger partial charge in [0.1, 0.15) is 11.1 Å². The highest BCUT2D eigenvalue weighted by atomic mass is 32.2. The predicted octanol–water partition coefficient (Wildman–Crippen LogP) is 2.39. The molecule has 1 N–H and O–H groups in total. The molecule has 2 aromatic heterocycles. The summed E-state index contributed by atoms with van der Waals surface area (Å²) in [5, 5.41) is 24.7. The van der Waals surface area contributed by atoms with E-state index in [1.165, 1.54) is 21.3 Å². The van der Waals surface area contributed by atoms with Crippen molar-refractivity contribution in [1.82, 2.24) is 20.2 Å². The zero-order valence-electron chi connectivity index (χ0n) is 13.6. The van der Waals surface area contributed by atoms with Crippen LogP contribution in [0.15, 0.2) is 5.16 Å². The van der Waals surface area contributed by atoms with Crippen LogP contribution >= 0.6 is 23.1 Å². The van der Waals surface area contributed by atoms with E-state index in [9.17, 15) is 10.1 Å². The number of nitrogens with one attached hydrogen (secondary N) is 1. The van der Waals surface area contributed by atoms with E-state index in [1.54, 1.807) is 18.4 Å². The van der Waals surface area contributed by atoms with E-state index in [0.29, 0.717) is 21.6 Å². The van der Waals surface area contributed by atoms with Crippen LogP contribution in [0.25, 0.3) is 0 Å². The third-order valence-electron chi connectivity index (χ3n) is 4.22. The molecular weight excluding hydrogens is 344 g/mol. The summed E-state index contributed by atoms with van der Waals surface area (Å²) in [5.41, 5.74) is 1.77. The summed E-state index contributed by atoms with van der Waals surface area (Å²) in [6, 6.07) is 2.27. The molecule has 9 heteroatoms. The first-order valence-corrected chi connectivity index (χ1v) is 9.62. The summed E-state index contributed by atoms with van der Waals surface area (Å²) in [6.45, 7) is 2.20. The second-order valence-corrected chi connectivity index (χ2v) is 7.81. The molecule has 0 bridgehead atoms. The molecule has 1 aliphatic rings. The van der Waals surface area contributed by atoms with Crippen LogP contribution in [0.4, 0.5) is 5.00 Å². The second-order valence-electron chi connectivity index (χ2n) is 5.76. The maximum atomic E-state index is 12.2. The van der Waals surface area contributed by atoms with Gasteiger partial charge < -0.3 is 5.32 Å². The number of anilines is 1. The lowest BCUT2D eigenvalue weighted by Gasteiger charge is -2.20. The van der Waals surface area contributed by atoms with E-state index < -0.39 is 0 Å². The van der Waals surface area contributed by atoms with E-state index in [1.807, 2.05) is 0 Å². The highest BCUT2D eigenvalue weighted by molar-refractivity contribution is 7.99. The highest BCUT2D eigenvalue weighted by Gasteiger charge is 2.25.